The number of hydrogen-bond donors (Lipinski definition) is 2. The fraction of sp³-hybridized carbons (Fsp3) is 0.182. The Kier molecular flexibility index (Phi) is 8.81. The molecule has 15 heteroatoms. The molecule has 0 aliphatic rings. The molecule has 2 aromatic heterocycles. The van der Waals surface area contributed by atoms with Gasteiger partial charge in [-0.05, 0) is 30.0 Å². The van der Waals surface area contributed by atoms with Gasteiger partial charge < -0.3 is 5.32 Å². The third kappa shape index (κ3) is 6.90. The number of para-hydroxylation sites is 1. The molecule has 37 heavy (non-hydrogen) atoms. The molecule has 0 aliphatic carbocycles. The van der Waals surface area contributed by atoms with Gasteiger partial charge in [-0.2, -0.15) is 0 Å². The highest BCUT2D eigenvalue weighted by Gasteiger charge is 2.18. The number of nitro groups is 1. The lowest BCUT2D eigenvalue weighted by Crippen LogP contribution is -2.24. The Labute approximate surface area is 223 Å². The van der Waals surface area contributed by atoms with Crippen LogP contribution in [0.5, 0.6) is 0 Å². The molecule has 4 rings (SSSR count). The minimum atomic E-state index is -0.528. The Morgan fingerprint density at radius 3 is 2.49 bits per heavy atom. The van der Waals surface area contributed by atoms with E-state index >= 15 is 0 Å². The summed E-state index contributed by atoms with van der Waals surface area (Å²) in [6, 6.07) is 14.6. The van der Waals surface area contributed by atoms with Gasteiger partial charge in [-0.1, -0.05) is 60.0 Å². The van der Waals surface area contributed by atoms with Crippen molar-refractivity contribution in [1.82, 2.24) is 30.3 Å². The zero-order chi connectivity index (χ0) is 26.2. The van der Waals surface area contributed by atoms with Gasteiger partial charge in [-0.25, -0.2) is 0 Å². The lowest BCUT2D eigenvalue weighted by Gasteiger charge is -2.11. The lowest BCUT2D eigenvalue weighted by atomic mass is 10.2. The van der Waals surface area contributed by atoms with E-state index in [2.05, 4.69) is 31.0 Å². The molecule has 2 aromatic carbocycles. The van der Waals surface area contributed by atoms with Gasteiger partial charge in [0.25, 0.3) is 11.6 Å². The number of amides is 2. The SMILES string of the molecule is CCSc1nnc(NC(=O)CSc2nnc(CNC(=O)c3ccc([N+](=O)[O-])cc3)n2-c2ccccc2)s1. The Morgan fingerprint density at radius 2 is 1.78 bits per heavy atom. The van der Waals surface area contributed by atoms with Crippen LogP contribution in [0.15, 0.2) is 64.1 Å². The average Bonchev–Trinajstić information content (AvgIpc) is 3.53. The smallest absolute Gasteiger partial charge is 0.269 e. The molecule has 2 N–H and O–H groups in total. The van der Waals surface area contributed by atoms with Gasteiger partial charge in [-0.15, -0.1) is 20.4 Å². The first kappa shape index (κ1) is 26.2. The summed E-state index contributed by atoms with van der Waals surface area (Å²) in [5.74, 6) is 0.712. The summed E-state index contributed by atoms with van der Waals surface area (Å²) in [6.07, 6.45) is 0. The average molecular weight is 557 g/mol. The fourth-order valence-corrected chi connectivity index (χ4v) is 5.50. The van der Waals surface area contributed by atoms with Crippen molar-refractivity contribution >= 4 is 57.5 Å². The number of nitro benzene ring substituents is 1. The number of thioether (sulfide) groups is 2. The van der Waals surface area contributed by atoms with Crippen LogP contribution in [0, 0.1) is 10.1 Å². The summed E-state index contributed by atoms with van der Waals surface area (Å²) in [6.45, 7) is 2.06. The van der Waals surface area contributed by atoms with Crippen LogP contribution in [-0.2, 0) is 11.3 Å². The Morgan fingerprint density at radius 1 is 1.03 bits per heavy atom. The van der Waals surface area contributed by atoms with Gasteiger partial charge in [0.15, 0.2) is 15.3 Å². The van der Waals surface area contributed by atoms with E-state index in [1.54, 1.807) is 16.3 Å². The number of hydrogen-bond acceptors (Lipinski definition) is 11. The molecule has 0 spiro atoms. The Bertz CT molecular complexity index is 1390. The highest BCUT2D eigenvalue weighted by molar-refractivity contribution is 8.01. The predicted octanol–water partition coefficient (Wildman–Crippen LogP) is 3.80. The van der Waals surface area contributed by atoms with Crippen LogP contribution in [0.1, 0.15) is 23.1 Å². The quantitative estimate of drug-likeness (QED) is 0.120. The first-order chi connectivity index (χ1) is 17.9. The van der Waals surface area contributed by atoms with Crippen LogP contribution in [-0.4, -0.2) is 53.2 Å². The Balaban J connectivity index is 1.44. The predicted molar refractivity (Wildman–Crippen MR) is 141 cm³/mol. The lowest BCUT2D eigenvalue weighted by molar-refractivity contribution is -0.384. The molecular formula is C22H20N8O4S3. The summed E-state index contributed by atoms with van der Waals surface area (Å²) < 4.78 is 2.55. The summed E-state index contributed by atoms with van der Waals surface area (Å²) in [4.78, 5) is 35.4. The van der Waals surface area contributed by atoms with Crippen molar-refractivity contribution in [3.63, 3.8) is 0 Å². The highest BCUT2D eigenvalue weighted by atomic mass is 32.2. The van der Waals surface area contributed by atoms with Crippen LogP contribution in [0.3, 0.4) is 0 Å². The molecule has 190 valence electrons. The van der Waals surface area contributed by atoms with Gasteiger partial charge in [0.2, 0.25) is 11.0 Å². The Hall–Kier alpha value is -3.82. The van der Waals surface area contributed by atoms with Crippen molar-refractivity contribution in [2.45, 2.75) is 23.0 Å². The van der Waals surface area contributed by atoms with E-state index in [1.165, 1.54) is 47.4 Å². The van der Waals surface area contributed by atoms with E-state index < -0.39 is 10.8 Å². The van der Waals surface area contributed by atoms with E-state index in [4.69, 9.17) is 0 Å². The number of non-ortho nitro benzene ring substituents is 1. The minimum Gasteiger partial charge on any atom is -0.345 e. The number of aromatic nitrogens is 5. The summed E-state index contributed by atoms with van der Waals surface area (Å²) in [5.41, 5.74) is 0.942. The van der Waals surface area contributed by atoms with E-state index in [-0.39, 0.29) is 29.5 Å². The van der Waals surface area contributed by atoms with Gasteiger partial charge in [0.1, 0.15) is 0 Å². The summed E-state index contributed by atoms with van der Waals surface area (Å²) in [7, 11) is 0. The number of benzene rings is 2. The second-order valence-electron chi connectivity index (χ2n) is 7.20. The van der Waals surface area contributed by atoms with Crippen molar-refractivity contribution in [1.29, 1.82) is 0 Å². The van der Waals surface area contributed by atoms with Gasteiger partial charge in [0, 0.05) is 23.4 Å². The molecule has 12 nitrogen and oxygen atoms in total. The molecular weight excluding hydrogens is 536 g/mol. The van der Waals surface area contributed by atoms with Crippen molar-refractivity contribution in [3.8, 4) is 5.69 Å². The molecule has 0 radical (unpaired) electrons. The first-order valence-electron chi connectivity index (χ1n) is 10.9. The third-order valence-corrected chi connectivity index (χ3v) is 7.50. The normalized spacial score (nSPS) is 10.7. The maximum atomic E-state index is 12.6. The summed E-state index contributed by atoms with van der Waals surface area (Å²) >= 11 is 4.06. The van der Waals surface area contributed by atoms with E-state index in [0.29, 0.717) is 16.1 Å². The van der Waals surface area contributed by atoms with Crippen LogP contribution in [0.25, 0.3) is 5.69 Å². The number of nitrogens with zero attached hydrogens (tertiary/aromatic N) is 6. The second kappa shape index (κ2) is 12.4. The summed E-state index contributed by atoms with van der Waals surface area (Å²) in [5, 5.41) is 33.7. The maximum Gasteiger partial charge on any atom is 0.269 e. The largest absolute Gasteiger partial charge is 0.345 e. The van der Waals surface area contributed by atoms with Crippen LogP contribution in [0.4, 0.5) is 10.8 Å². The topological polar surface area (TPSA) is 158 Å². The van der Waals surface area contributed by atoms with Crippen LogP contribution in [0.2, 0.25) is 0 Å². The van der Waals surface area contributed by atoms with Crippen LogP contribution >= 0.6 is 34.9 Å². The molecule has 0 aliphatic heterocycles. The van der Waals surface area contributed by atoms with Gasteiger partial charge in [-0.3, -0.25) is 29.6 Å². The molecule has 0 fully saturated rings. The number of anilines is 1. The second-order valence-corrected chi connectivity index (χ2v) is 10.6. The number of carbonyl (C=O) groups is 2. The molecule has 0 atom stereocenters. The van der Waals surface area contributed by atoms with Crippen LogP contribution < -0.4 is 10.6 Å². The van der Waals surface area contributed by atoms with Gasteiger partial charge in [0.05, 0.1) is 17.2 Å². The molecule has 0 bridgehead atoms. The highest BCUT2D eigenvalue weighted by Crippen LogP contribution is 2.26. The minimum absolute atomic E-state index is 0.0487. The third-order valence-electron chi connectivity index (χ3n) is 4.72. The molecule has 0 saturated heterocycles. The zero-order valence-corrected chi connectivity index (χ0v) is 21.8. The van der Waals surface area contributed by atoms with E-state index in [0.717, 1.165) is 15.8 Å². The molecule has 2 heterocycles. The van der Waals surface area contributed by atoms with Gasteiger partial charge >= 0.3 is 0 Å². The van der Waals surface area contributed by atoms with Crippen molar-refractivity contribution < 1.29 is 14.5 Å². The van der Waals surface area contributed by atoms with E-state index in [1.807, 2.05) is 37.3 Å². The maximum absolute atomic E-state index is 12.6. The fourth-order valence-electron chi connectivity index (χ4n) is 3.07. The zero-order valence-electron chi connectivity index (χ0n) is 19.4. The number of nitrogens with one attached hydrogen (secondary N) is 2. The standard InChI is InChI=1S/C22H20N8O4S3/c1-2-35-22-28-26-20(37-22)24-18(31)13-36-21-27-25-17(29(21)15-6-4-3-5-7-15)12-23-19(32)14-8-10-16(11-9-14)30(33)34/h3-11H,2,12-13H2,1H3,(H,23,32)(H,24,26,31). The van der Waals surface area contributed by atoms with E-state index in [9.17, 15) is 19.7 Å². The first-order valence-corrected chi connectivity index (χ1v) is 13.6. The molecule has 4 aromatic rings. The van der Waals surface area contributed by atoms with Crippen molar-refractivity contribution in [2.24, 2.45) is 0 Å². The molecule has 0 unspecified atom stereocenters. The van der Waals surface area contributed by atoms with Crippen molar-refractivity contribution in [2.75, 3.05) is 16.8 Å². The number of rotatable bonds is 11. The monoisotopic (exact) mass is 556 g/mol. The number of carbonyl (C=O) groups excluding carboxylic acids is 2. The molecule has 2 amide bonds. The van der Waals surface area contributed by atoms with Crippen molar-refractivity contribution in [3.05, 3.63) is 76.1 Å². The molecule has 0 saturated carbocycles.